The standard InChI is InChI=1S/C26H5BF42O2/c28-7(29,9(32,33)11(36,37)13(40,41)15(44,45)17(48,49)19(52,53)21(56,57)23(60,61)25(64,65)66)4-1-5(3-6(2-4)27(70)71)8(30,31)10(34,35)12(38,39)14(42,43)16(46,47)18(50,51)20(54,55)22(58,59)24(62,63)26(67,68)69/h1-3,70-71H. The Morgan fingerprint density at radius 2 is 0.352 bits per heavy atom. The summed E-state index contributed by atoms with van der Waals surface area (Å²) < 4.78 is 578. The molecule has 0 radical (unpaired) electrons. The first kappa shape index (κ1) is 65.3. The summed E-state index contributed by atoms with van der Waals surface area (Å²) >= 11 is 0. The molecule has 45 heteroatoms. The fraction of sp³-hybridized carbons (Fsp3) is 0.769. The molecule has 2 nitrogen and oxygen atoms in total. The van der Waals surface area contributed by atoms with Gasteiger partial charge < -0.3 is 10.0 Å². The predicted molar refractivity (Wildman–Crippen MR) is 135 cm³/mol. The number of rotatable bonds is 19. The second-order valence-electron chi connectivity index (χ2n) is 13.6. The van der Waals surface area contributed by atoms with E-state index in [9.17, 15) is 184 Å². The highest BCUT2D eigenvalue weighted by molar-refractivity contribution is 6.58. The van der Waals surface area contributed by atoms with Crippen LogP contribution in [0.15, 0.2) is 18.2 Å². The van der Waals surface area contributed by atoms with Crippen LogP contribution in [0, 0.1) is 0 Å². The minimum atomic E-state index is -9.96. The average molecular weight is 1160 g/mol. The second-order valence-corrected chi connectivity index (χ2v) is 13.6. The van der Waals surface area contributed by atoms with E-state index in [0.717, 1.165) is 0 Å². The largest absolute Gasteiger partial charge is 0.488 e. The molecular formula is C26H5BF42O2. The van der Waals surface area contributed by atoms with E-state index in [1.165, 1.54) is 0 Å². The van der Waals surface area contributed by atoms with Crippen LogP contribution in [0.3, 0.4) is 0 Å². The lowest BCUT2D eigenvalue weighted by Crippen LogP contribution is -2.76. The number of halogens is 42. The number of benzene rings is 1. The smallest absolute Gasteiger partial charge is 0.423 e. The Morgan fingerprint density at radius 1 is 0.211 bits per heavy atom. The van der Waals surface area contributed by atoms with Crippen molar-refractivity contribution < 1.29 is 194 Å². The third-order valence-corrected chi connectivity index (χ3v) is 9.00. The van der Waals surface area contributed by atoms with Crippen molar-refractivity contribution >= 4 is 12.6 Å². The van der Waals surface area contributed by atoms with E-state index in [1.54, 1.807) is 0 Å². The van der Waals surface area contributed by atoms with E-state index in [0.29, 0.717) is 0 Å². The zero-order valence-electron chi connectivity index (χ0n) is 30.6. The third-order valence-electron chi connectivity index (χ3n) is 9.00. The maximum Gasteiger partial charge on any atom is 0.488 e. The number of hydrogen-bond acceptors (Lipinski definition) is 2. The molecule has 1 rings (SSSR count). The fourth-order valence-electron chi connectivity index (χ4n) is 4.64. The van der Waals surface area contributed by atoms with E-state index < -0.39 is 161 Å². The van der Waals surface area contributed by atoms with E-state index >= 15 is 0 Å². The normalized spacial score (nSPS) is 16.7. The number of hydrogen-bond donors (Lipinski definition) is 2. The van der Waals surface area contributed by atoms with Gasteiger partial charge in [0.2, 0.25) is 0 Å². The molecule has 1 aromatic carbocycles. The molecule has 2 N–H and O–H groups in total. The van der Waals surface area contributed by atoms with Crippen LogP contribution in [0.1, 0.15) is 11.1 Å². The first-order chi connectivity index (χ1) is 30.0. The van der Waals surface area contributed by atoms with Gasteiger partial charge in [-0.25, -0.2) is 0 Å². The molecule has 0 saturated heterocycles. The molecule has 0 saturated carbocycles. The van der Waals surface area contributed by atoms with Crippen molar-refractivity contribution in [2.24, 2.45) is 0 Å². The molecule has 0 aliphatic heterocycles. The highest BCUT2D eigenvalue weighted by Gasteiger charge is 3.00. The van der Waals surface area contributed by atoms with Crippen molar-refractivity contribution in [2.45, 2.75) is 119 Å². The average Bonchev–Trinajstić information content (AvgIpc) is 3.15. The lowest BCUT2D eigenvalue weighted by molar-refractivity contribution is -0.475. The molecule has 0 atom stereocenters. The topological polar surface area (TPSA) is 40.5 Å². The molecule has 1 aromatic rings. The van der Waals surface area contributed by atoms with E-state index in [-0.39, 0.29) is 0 Å². The van der Waals surface area contributed by atoms with Gasteiger partial charge in [-0.3, -0.25) is 0 Å². The third kappa shape index (κ3) is 7.89. The van der Waals surface area contributed by atoms with E-state index in [4.69, 9.17) is 10.0 Å². The summed E-state index contributed by atoms with van der Waals surface area (Å²) in [6, 6.07) is -6.38. The molecule has 71 heavy (non-hydrogen) atoms. The van der Waals surface area contributed by atoms with Crippen LogP contribution in [0.25, 0.3) is 0 Å². The van der Waals surface area contributed by atoms with Crippen molar-refractivity contribution in [1.29, 1.82) is 0 Å². The van der Waals surface area contributed by atoms with Crippen LogP contribution in [0.5, 0.6) is 0 Å². The molecular weight excluding hydrogens is 1150 g/mol. The monoisotopic (exact) mass is 1160 g/mol. The summed E-state index contributed by atoms with van der Waals surface area (Å²) in [5.41, 5.74) is -12.2. The van der Waals surface area contributed by atoms with Gasteiger partial charge in [-0.2, -0.15) is 184 Å². The Kier molecular flexibility index (Phi) is 15.1. The molecule has 0 amide bonds. The van der Waals surface area contributed by atoms with Gasteiger partial charge in [-0.15, -0.1) is 0 Å². The molecule has 0 unspecified atom stereocenters. The molecule has 0 aromatic heterocycles. The van der Waals surface area contributed by atoms with E-state index in [2.05, 4.69) is 0 Å². The summed E-state index contributed by atoms with van der Waals surface area (Å²) in [7, 11) is -4.45. The lowest BCUT2D eigenvalue weighted by Gasteiger charge is -2.45. The van der Waals surface area contributed by atoms with E-state index in [1.807, 2.05) is 0 Å². The maximum atomic E-state index is 14.9. The van der Waals surface area contributed by atoms with Crippen LogP contribution in [0.4, 0.5) is 184 Å². The Hall–Kier alpha value is -3.74. The Balaban J connectivity index is 4.32. The van der Waals surface area contributed by atoms with Gasteiger partial charge in [0.15, 0.2) is 0 Å². The second kappa shape index (κ2) is 16.4. The minimum Gasteiger partial charge on any atom is -0.423 e. The van der Waals surface area contributed by atoms with Crippen molar-refractivity contribution in [1.82, 2.24) is 0 Å². The maximum absolute atomic E-state index is 14.9. The van der Waals surface area contributed by atoms with Crippen LogP contribution >= 0.6 is 0 Å². The molecule has 0 aliphatic rings. The molecule has 0 bridgehead atoms. The van der Waals surface area contributed by atoms with Gasteiger partial charge in [0.1, 0.15) is 0 Å². The quantitative estimate of drug-likeness (QED) is 0.107. The van der Waals surface area contributed by atoms with Crippen molar-refractivity contribution in [3.63, 3.8) is 0 Å². The predicted octanol–water partition coefficient (Wildman–Crippen LogP) is 12.8. The number of alkyl halides is 42. The van der Waals surface area contributed by atoms with Gasteiger partial charge in [-0.1, -0.05) is 12.1 Å². The molecule has 0 heterocycles. The first-order valence-corrected chi connectivity index (χ1v) is 15.5. The Morgan fingerprint density at radius 3 is 0.493 bits per heavy atom. The summed E-state index contributed by atoms with van der Waals surface area (Å²) in [5, 5.41) is 17.9. The lowest BCUT2D eigenvalue weighted by atomic mass is 9.75. The highest BCUT2D eigenvalue weighted by atomic mass is 19.5. The zero-order valence-corrected chi connectivity index (χ0v) is 30.6. The molecule has 418 valence electrons. The minimum absolute atomic E-state index is 1.87. The Bertz CT molecular complexity index is 1960. The van der Waals surface area contributed by atoms with Gasteiger partial charge >= 0.3 is 126 Å². The highest BCUT2D eigenvalue weighted by Crippen LogP contribution is 2.69. The van der Waals surface area contributed by atoms with Gasteiger partial charge in [0.25, 0.3) is 0 Å². The molecule has 0 spiro atoms. The first-order valence-electron chi connectivity index (χ1n) is 15.5. The Labute approximate surface area is 356 Å². The van der Waals surface area contributed by atoms with Crippen molar-refractivity contribution in [3.05, 3.63) is 29.3 Å². The fourth-order valence-corrected chi connectivity index (χ4v) is 4.64. The van der Waals surface area contributed by atoms with Crippen LogP contribution in [0.2, 0.25) is 0 Å². The summed E-state index contributed by atoms with van der Waals surface area (Å²) in [6.45, 7) is 0. The van der Waals surface area contributed by atoms with Gasteiger partial charge in [-0.05, 0) is 11.5 Å². The zero-order chi connectivity index (χ0) is 58.4. The SMILES string of the molecule is OB(O)c1cc(C(F)(F)C(F)(F)C(F)(F)C(F)(F)C(F)(F)C(F)(F)C(F)(F)C(F)(F)C(F)(F)C(F)(F)F)cc(C(F)(F)C(F)(F)C(F)(F)C(F)(F)C(F)(F)C(F)(F)C(F)(F)C(F)(F)C(F)(F)C(F)(F)F)c1. The molecule has 0 fully saturated rings. The summed E-state index contributed by atoms with van der Waals surface area (Å²) in [6.07, 6.45) is -16.9. The van der Waals surface area contributed by atoms with Crippen LogP contribution in [-0.4, -0.2) is 124 Å². The van der Waals surface area contributed by atoms with Crippen molar-refractivity contribution in [2.75, 3.05) is 0 Å². The van der Waals surface area contributed by atoms with Gasteiger partial charge in [0.05, 0.1) is 0 Å². The van der Waals surface area contributed by atoms with Crippen LogP contribution < -0.4 is 5.46 Å². The summed E-state index contributed by atoms with van der Waals surface area (Å²) in [5.74, 6) is -171. The van der Waals surface area contributed by atoms with Crippen LogP contribution in [-0.2, 0) is 11.8 Å². The van der Waals surface area contributed by atoms with Crippen molar-refractivity contribution in [3.8, 4) is 0 Å². The molecule has 0 aliphatic carbocycles. The van der Waals surface area contributed by atoms with Gasteiger partial charge in [0, 0.05) is 11.1 Å². The summed E-state index contributed by atoms with van der Waals surface area (Å²) in [4.78, 5) is 0.